The zero-order chi connectivity index (χ0) is 18.3. The number of benzene rings is 2. The number of allylic oxidation sites excluding steroid dienone is 3. The molecule has 1 aliphatic rings. The molecule has 122 valence electrons. The van der Waals surface area contributed by atoms with Gasteiger partial charge in [0.1, 0.15) is 11.0 Å². The lowest BCUT2D eigenvalue weighted by Gasteiger charge is -2.04. The molecule has 3 aromatic rings. The summed E-state index contributed by atoms with van der Waals surface area (Å²) in [5.74, 6) is -0.191. The molecule has 0 spiro atoms. The van der Waals surface area contributed by atoms with Crippen LogP contribution >= 0.6 is 11.7 Å². The average molecular weight is 354 g/mol. The Hall–Kier alpha value is -3.61. The maximum absolute atomic E-state index is 12.9. The van der Waals surface area contributed by atoms with Gasteiger partial charge in [0.05, 0.1) is 24.4 Å². The van der Waals surface area contributed by atoms with E-state index in [1.807, 2.05) is 25.1 Å². The van der Waals surface area contributed by atoms with Crippen molar-refractivity contribution in [2.75, 3.05) is 0 Å². The van der Waals surface area contributed by atoms with Gasteiger partial charge in [-0.3, -0.25) is 4.79 Å². The second-order valence-corrected chi connectivity index (χ2v) is 6.34. The third kappa shape index (κ3) is 2.25. The lowest BCUT2D eigenvalue weighted by Crippen LogP contribution is -1.96. The van der Waals surface area contributed by atoms with Crippen LogP contribution in [0.5, 0.6) is 0 Å². The number of hydrogen-bond acceptors (Lipinski definition) is 5. The number of aryl methyl sites for hydroxylation is 1. The van der Waals surface area contributed by atoms with Crippen molar-refractivity contribution in [3.8, 4) is 6.07 Å². The van der Waals surface area contributed by atoms with Gasteiger partial charge in [0.15, 0.2) is 5.78 Å². The molecule has 0 radical (unpaired) electrons. The van der Waals surface area contributed by atoms with Crippen LogP contribution < -0.4 is 0 Å². The smallest absolute Gasteiger partial charge is 0.270 e. The fourth-order valence-electron chi connectivity index (χ4n) is 3.11. The molecule has 0 fully saturated rings. The number of hydrogen-bond donors (Lipinski definition) is 0. The molecule has 0 unspecified atom stereocenters. The Balaban J connectivity index is 2.03. The Morgan fingerprint density at radius 1 is 1.19 bits per heavy atom. The zero-order valence-electron chi connectivity index (χ0n) is 13.6. The lowest BCUT2D eigenvalue weighted by atomic mass is 9.99. The SMILES string of the molecule is [C-]#[N+]/C(C#N)=C1\C(=C\c2ccc(C)c3nsnc23)C(=O)c2ccccc21. The van der Waals surface area contributed by atoms with E-state index in [1.54, 1.807) is 30.3 Å². The Kier molecular flexibility index (Phi) is 3.69. The van der Waals surface area contributed by atoms with E-state index in [0.717, 1.165) is 28.4 Å². The van der Waals surface area contributed by atoms with Crippen molar-refractivity contribution >= 4 is 40.2 Å². The maximum Gasteiger partial charge on any atom is 0.270 e. The maximum atomic E-state index is 12.9. The van der Waals surface area contributed by atoms with Gasteiger partial charge in [-0.25, -0.2) is 10.1 Å². The van der Waals surface area contributed by atoms with Gasteiger partial charge in [0.2, 0.25) is 0 Å². The summed E-state index contributed by atoms with van der Waals surface area (Å²) in [6, 6.07) is 12.8. The largest absolute Gasteiger partial charge is 0.289 e. The molecule has 0 aliphatic heterocycles. The third-order valence-corrected chi connectivity index (χ3v) is 4.89. The highest BCUT2D eigenvalue weighted by Crippen LogP contribution is 2.40. The molecule has 0 saturated carbocycles. The molecule has 2 aromatic carbocycles. The summed E-state index contributed by atoms with van der Waals surface area (Å²) in [5, 5.41) is 9.38. The molecule has 6 heteroatoms. The molecule has 1 aromatic heterocycles. The number of fused-ring (bicyclic) bond motifs is 2. The van der Waals surface area contributed by atoms with Crippen molar-refractivity contribution in [3.05, 3.63) is 81.3 Å². The van der Waals surface area contributed by atoms with Crippen molar-refractivity contribution in [2.24, 2.45) is 0 Å². The summed E-state index contributed by atoms with van der Waals surface area (Å²) in [5.41, 5.74) is 5.03. The van der Waals surface area contributed by atoms with Crippen molar-refractivity contribution < 1.29 is 4.79 Å². The minimum atomic E-state index is -0.191. The van der Waals surface area contributed by atoms with Crippen LogP contribution in [0.4, 0.5) is 0 Å². The zero-order valence-corrected chi connectivity index (χ0v) is 14.5. The molecule has 4 rings (SSSR count). The molecule has 0 amide bonds. The average Bonchev–Trinajstić information content (AvgIpc) is 3.25. The van der Waals surface area contributed by atoms with E-state index in [1.165, 1.54) is 0 Å². The molecule has 0 N–H and O–H groups in total. The van der Waals surface area contributed by atoms with E-state index in [-0.39, 0.29) is 11.5 Å². The van der Waals surface area contributed by atoms with Gasteiger partial charge < -0.3 is 0 Å². The van der Waals surface area contributed by atoms with Gasteiger partial charge in [0, 0.05) is 22.3 Å². The van der Waals surface area contributed by atoms with E-state index >= 15 is 0 Å². The fraction of sp³-hybridized carbons (Fsp3) is 0.0500. The minimum absolute atomic E-state index is 0.0886. The molecule has 1 aliphatic carbocycles. The molecule has 1 heterocycles. The number of nitriles is 1. The van der Waals surface area contributed by atoms with Crippen LogP contribution in [0, 0.1) is 24.8 Å². The summed E-state index contributed by atoms with van der Waals surface area (Å²) >= 11 is 1.12. The number of rotatable bonds is 1. The number of carbonyl (C=O) groups is 1. The first-order chi connectivity index (χ1) is 12.7. The van der Waals surface area contributed by atoms with Crippen LogP contribution in [0.25, 0.3) is 27.5 Å². The van der Waals surface area contributed by atoms with Crippen LogP contribution in [-0.4, -0.2) is 14.5 Å². The van der Waals surface area contributed by atoms with Gasteiger partial charge >= 0.3 is 0 Å². The Labute approximate surface area is 153 Å². The number of carbonyl (C=O) groups excluding carboxylic acids is 1. The van der Waals surface area contributed by atoms with Crippen LogP contribution in [0.1, 0.15) is 27.0 Å². The summed E-state index contributed by atoms with van der Waals surface area (Å²) in [7, 11) is 0. The van der Waals surface area contributed by atoms with Crippen molar-refractivity contribution in [3.63, 3.8) is 0 Å². The molecule has 0 saturated heterocycles. The molecule has 0 bridgehead atoms. The van der Waals surface area contributed by atoms with Gasteiger partial charge in [-0.05, 0) is 24.1 Å². The quantitative estimate of drug-likeness (QED) is 0.368. The molecule has 5 nitrogen and oxygen atoms in total. The first-order valence-electron chi connectivity index (χ1n) is 7.75. The second-order valence-electron chi connectivity index (χ2n) is 5.81. The second kappa shape index (κ2) is 6.03. The number of nitrogens with zero attached hydrogens (tertiary/aromatic N) is 4. The van der Waals surface area contributed by atoms with E-state index in [4.69, 9.17) is 6.57 Å². The monoisotopic (exact) mass is 354 g/mol. The predicted molar refractivity (Wildman–Crippen MR) is 100 cm³/mol. The standard InChI is InChI=1S/C20H10N4OS/c1-11-7-8-12(19-18(11)23-26-24-19)9-15-17(16(10-21)22-2)13-5-3-4-6-14(13)20(15)25/h3-9H,1H3/b15-9-,17-16-. The van der Waals surface area contributed by atoms with E-state index in [0.29, 0.717) is 27.8 Å². The van der Waals surface area contributed by atoms with Gasteiger partial charge in [-0.15, -0.1) is 0 Å². The highest BCUT2D eigenvalue weighted by molar-refractivity contribution is 7.00. The number of aromatic nitrogens is 2. The normalized spacial score (nSPS) is 16.4. The predicted octanol–water partition coefficient (Wildman–Crippen LogP) is 4.43. The summed E-state index contributed by atoms with van der Waals surface area (Å²) in [6.07, 6.45) is 1.71. The third-order valence-electron chi connectivity index (χ3n) is 4.36. The molecular formula is C20H10N4OS. The van der Waals surface area contributed by atoms with Crippen molar-refractivity contribution in [2.45, 2.75) is 6.92 Å². The van der Waals surface area contributed by atoms with Crippen LogP contribution in [0.15, 0.2) is 47.7 Å². The van der Waals surface area contributed by atoms with Crippen LogP contribution in [0.2, 0.25) is 0 Å². The van der Waals surface area contributed by atoms with Crippen molar-refractivity contribution in [1.82, 2.24) is 8.75 Å². The van der Waals surface area contributed by atoms with Gasteiger partial charge in [-0.2, -0.15) is 8.75 Å². The van der Waals surface area contributed by atoms with E-state index < -0.39 is 0 Å². The minimum Gasteiger partial charge on any atom is -0.289 e. The van der Waals surface area contributed by atoms with E-state index in [2.05, 4.69) is 13.6 Å². The topological polar surface area (TPSA) is 71.0 Å². The summed E-state index contributed by atoms with van der Waals surface area (Å²) < 4.78 is 8.64. The van der Waals surface area contributed by atoms with Crippen LogP contribution in [-0.2, 0) is 0 Å². The molecular weight excluding hydrogens is 344 g/mol. The number of Topliss-reactive ketones (excluding diaryl/α,β-unsaturated/α-hetero) is 1. The highest BCUT2D eigenvalue weighted by Gasteiger charge is 2.32. The molecule has 26 heavy (non-hydrogen) atoms. The Morgan fingerprint density at radius 3 is 2.65 bits per heavy atom. The lowest BCUT2D eigenvalue weighted by molar-refractivity contribution is 0.104. The fourth-order valence-corrected chi connectivity index (χ4v) is 3.74. The van der Waals surface area contributed by atoms with Gasteiger partial charge in [0.25, 0.3) is 5.70 Å². The highest BCUT2D eigenvalue weighted by atomic mass is 32.1. The Bertz CT molecular complexity index is 1220. The Morgan fingerprint density at radius 2 is 1.92 bits per heavy atom. The van der Waals surface area contributed by atoms with Gasteiger partial charge in [-0.1, -0.05) is 36.4 Å². The van der Waals surface area contributed by atoms with E-state index in [9.17, 15) is 10.1 Å². The van der Waals surface area contributed by atoms with Crippen molar-refractivity contribution in [1.29, 1.82) is 5.26 Å². The summed E-state index contributed by atoms with van der Waals surface area (Å²) in [6.45, 7) is 9.28. The molecule has 0 atom stereocenters. The summed E-state index contributed by atoms with van der Waals surface area (Å²) in [4.78, 5) is 16.3. The first kappa shape index (κ1) is 15.9. The van der Waals surface area contributed by atoms with Crippen LogP contribution in [0.3, 0.4) is 0 Å². The number of ketones is 1. The first-order valence-corrected chi connectivity index (χ1v) is 8.48.